The van der Waals surface area contributed by atoms with Gasteiger partial charge in [-0.25, -0.2) is 9.78 Å². The lowest BCUT2D eigenvalue weighted by molar-refractivity contribution is -0.145. The summed E-state index contributed by atoms with van der Waals surface area (Å²) in [6.45, 7) is 2.44. The van der Waals surface area contributed by atoms with E-state index in [4.69, 9.17) is 9.47 Å². The van der Waals surface area contributed by atoms with Crippen LogP contribution in [-0.2, 0) is 24.2 Å². The Bertz CT molecular complexity index is 1010. The first-order valence-corrected chi connectivity index (χ1v) is 9.67. The molecule has 0 amide bonds. The van der Waals surface area contributed by atoms with Gasteiger partial charge in [-0.3, -0.25) is 0 Å². The molecule has 0 fully saturated rings. The van der Waals surface area contributed by atoms with E-state index >= 15 is 0 Å². The van der Waals surface area contributed by atoms with Gasteiger partial charge in [0.05, 0.1) is 11.2 Å². The number of carbonyl (C=O) groups is 1. The number of aryl methyl sites for hydroxylation is 1. The molecule has 144 valence electrons. The first-order chi connectivity index (χ1) is 13.7. The number of carboxylic acids is 1. The summed E-state index contributed by atoms with van der Waals surface area (Å²) in [5.74, 6) is 0.505. The largest absolute Gasteiger partial charge is 0.487 e. The SMILES string of the molecule is CCCc1c(OCc2ccc3ccccc3n2)ccc2c1OC(C(=O)O)CC2. The smallest absolute Gasteiger partial charge is 0.344 e. The van der Waals surface area contributed by atoms with Crippen LogP contribution in [-0.4, -0.2) is 22.2 Å². The fraction of sp³-hybridized carbons (Fsp3) is 0.304. The molecule has 1 N–H and O–H groups in total. The van der Waals surface area contributed by atoms with E-state index < -0.39 is 12.1 Å². The van der Waals surface area contributed by atoms with Gasteiger partial charge in [0.25, 0.3) is 0 Å². The number of carboxylic acid groups (broad SMARTS) is 1. The summed E-state index contributed by atoms with van der Waals surface area (Å²) in [5, 5.41) is 10.4. The second-order valence-electron chi connectivity index (χ2n) is 7.05. The van der Waals surface area contributed by atoms with Gasteiger partial charge < -0.3 is 14.6 Å². The molecule has 1 aliphatic rings. The highest BCUT2D eigenvalue weighted by Gasteiger charge is 2.28. The maximum Gasteiger partial charge on any atom is 0.344 e. The molecule has 1 atom stereocenters. The molecule has 0 radical (unpaired) electrons. The molecule has 0 aliphatic carbocycles. The van der Waals surface area contributed by atoms with Crippen LogP contribution in [0.3, 0.4) is 0 Å². The number of aliphatic carboxylic acids is 1. The first kappa shape index (κ1) is 18.3. The fourth-order valence-corrected chi connectivity index (χ4v) is 3.63. The molecule has 0 saturated carbocycles. The lowest BCUT2D eigenvalue weighted by Gasteiger charge is -2.26. The van der Waals surface area contributed by atoms with E-state index in [0.29, 0.717) is 25.2 Å². The lowest BCUT2D eigenvalue weighted by Crippen LogP contribution is -2.31. The molecular formula is C23H23NO4. The van der Waals surface area contributed by atoms with Crippen LogP contribution in [0, 0.1) is 0 Å². The summed E-state index contributed by atoms with van der Waals surface area (Å²) in [4.78, 5) is 16.0. The number of para-hydroxylation sites is 1. The van der Waals surface area contributed by atoms with Gasteiger partial charge in [-0.2, -0.15) is 0 Å². The average Bonchev–Trinajstić information content (AvgIpc) is 2.72. The molecule has 0 spiro atoms. The Balaban J connectivity index is 1.60. The standard InChI is InChI=1S/C23H23NO4/c1-2-5-18-20(12-9-16-10-13-21(23(25)26)28-22(16)18)27-14-17-11-8-15-6-3-4-7-19(15)24-17/h3-4,6-9,11-12,21H,2,5,10,13-14H2,1H3,(H,25,26). The van der Waals surface area contributed by atoms with Crippen LogP contribution in [0.4, 0.5) is 0 Å². The van der Waals surface area contributed by atoms with Crippen LogP contribution in [0.2, 0.25) is 0 Å². The highest BCUT2D eigenvalue weighted by Crippen LogP contribution is 2.38. The molecule has 5 nitrogen and oxygen atoms in total. The van der Waals surface area contributed by atoms with Gasteiger partial charge in [0.1, 0.15) is 18.1 Å². The molecule has 1 unspecified atom stereocenters. The van der Waals surface area contributed by atoms with Crippen molar-refractivity contribution >= 4 is 16.9 Å². The number of nitrogens with zero attached hydrogens (tertiary/aromatic N) is 1. The van der Waals surface area contributed by atoms with Gasteiger partial charge >= 0.3 is 5.97 Å². The molecule has 0 saturated heterocycles. The zero-order valence-corrected chi connectivity index (χ0v) is 15.9. The summed E-state index contributed by atoms with van der Waals surface area (Å²) in [7, 11) is 0. The van der Waals surface area contributed by atoms with Crippen molar-refractivity contribution in [2.75, 3.05) is 0 Å². The molecule has 1 aromatic heterocycles. The third-order valence-electron chi connectivity index (χ3n) is 5.04. The van der Waals surface area contributed by atoms with Gasteiger partial charge in [-0.1, -0.05) is 43.7 Å². The summed E-state index contributed by atoms with van der Waals surface area (Å²) in [6, 6.07) is 15.9. The second-order valence-corrected chi connectivity index (χ2v) is 7.05. The second kappa shape index (κ2) is 7.89. The molecule has 5 heteroatoms. The van der Waals surface area contributed by atoms with Crippen molar-refractivity contribution in [2.45, 2.75) is 45.3 Å². The minimum atomic E-state index is -0.917. The Labute approximate surface area is 163 Å². The van der Waals surface area contributed by atoms with Gasteiger partial charge in [-0.05, 0) is 43.0 Å². The third-order valence-corrected chi connectivity index (χ3v) is 5.04. The summed E-state index contributed by atoms with van der Waals surface area (Å²) >= 11 is 0. The maximum atomic E-state index is 11.4. The number of rotatable bonds is 6. The molecule has 28 heavy (non-hydrogen) atoms. The van der Waals surface area contributed by atoms with E-state index in [1.54, 1.807) is 0 Å². The number of hydrogen-bond donors (Lipinski definition) is 1. The third kappa shape index (κ3) is 3.65. The fourth-order valence-electron chi connectivity index (χ4n) is 3.63. The monoisotopic (exact) mass is 377 g/mol. The maximum absolute atomic E-state index is 11.4. The minimum absolute atomic E-state index is 0.350. The predicted molar refractivity (Wildman–Crippen MR) is 107 cm³/mol. The average molecular weight is 377 g/mol. The van der Waals surface area contributed by atoms with Crippen LogP contribution in [0.15, 0.2) is 48.5 Å². The van der Waals surface area contributed by atoms with Gasteiger partial charge in [0, 0.05) is 10.9 Å². The van der Waals surface area contributed by atoms with E-state index in [1.165, 1.54) is 0 Å². The van der Waals surface area contributed by atoms with Crippen LogP contribution in [0.25, 0.3) is 10.9 Å². The van der Waals surface area contributed by atoms with E-state index in [9.17, 15) is 9.90 Å². The summed E-state index contributed by atoms with van der Waals surface area (Å²) in [6.07, 6.45) is 2.10. The van der Waals surface area contributed by atoms with E-state index in [1.807, 2.05) is 48.5 Å². The van der Waals surface area contributed by atoms with E-state index in [2.05, 4.69) is 11.9 Å². The lowest BCUT2D eigenvalue weighted by atomic mass is 9.96. The molecule has 1 aliphatic heterocycles. The molecule has 4 rings (SSSR count). The van der Waals surface area contributed by atoms with E-state index in [-0.39, 0.29) is 0 Å². The van der Waals surface area contributed by atoms with Crippen LogP contribution < -0.4 is 9.47 Å². The Kier molecular flexibility index (Phi) is 5.15. The van der Waals surface area contributed by atoms with E-state index in [0.717, 1.165) is 46.3 Å². The number of aromatic nitrogens is 1. The number of fused-ring (bicyclic) bond motifs is 2. The quantitative estimate of drug-likeness (QED) is 0.683. The van der Waals surface area contributed by atoms with Crippen molar-refractivity contribution in [3.63, 3.8) is 0 Å². The van der Waals surface area contributed by atoms with Crippen molar-refractivity contribution in [1.82, 2.24) is 4.98 Å². The van der Waals surface area contributed by atoms with Crippen molar-refractivity contribution in [2.24, 2.45) is 0 Å². The highest BCUT2D eigenvalue weighted by atomic mass is 16.5. The summed E-state index contributed by atoms with van der Waals surface area (Å²) in [5.41, 5.74) is 3.79. The highest BCUT2D eigenvalue weighted by molar-refractivity contribution is 5.78. The first-order valence-electron chi connectivity index (χ1n) is 9.67. The number of pyridine rings is 1. The Hall–Kier alpha value is -3.08. The zero-order valence-electron chi connectivity index (χ0n) is 15.9. The zero-order chi connectivity index (χ0) is 19.5. The minimum Gasteiger partial charge on any atom is -0.487 e. The van der Waals surface area contributed by atoms with Crippen LogP contribution >= 0.6 is 0 Å². The Morgan fingerprint density at radius 2 is 2.07 bits per heavy atom. The Morgan fingerprint density at radius 1 is 1.21 bits per heavy atom. The Morgan fingerprint density at radius 3 is 2.89 bits per heavy atom. The van der Waals surface area contributed by atoms with Gasteiger partial charge in [0.15, 0.2) is 6.10 Å². The summed E-state index contributed by atoms with van der Waals surface area (Å²) < 4.78 is 11.9. The molecule has 2 aromatic carbocycles. The van der Waals surface area contributed by atoms with Crippen molar-refractivity contribution < 1.29 is 19.4 Å². The molecule has 0 bridgehead atoms. The molecule has 2 heterocycles. The normalized spacial score (nSPS) is 15.7. The molecule has 3 aromatic rings. The van der Waals surface area contributed by atoms with Crippen LogP contribution in [0.1, 0.15) is 36.6 Å². The van der Waals surface area contributed by atoms with Gasteiger partial charge in [-0.15, -0.1) is 0 Å². The van der Waals surface area contributed by atoms with Crippen molar-refractivity contribution in [1.29, 1.82) is 0 Å². The number of hydrogen-bond acceptors (Lipinski definition) is 4. The van der Waals surface area contributed by atoms with Gasteiger partial charge in [0.2, 0.25) is 0 Å². The van der Waals surface area contributed by atoms with Crippen molar-refractivity contribution in [3.8, 4) is 11.5 Å². The topological polar surface area (TPSA) is 68.7 Å². The van der Waals surface area contributed by atoms with Crippen molar-refractivity contribution in [3.05, 3.63) is 65.4 Å². The van der Waals surface area contributed by atoms with Crippen LogP contribution in [0.5, 0.6) is 11.5 Å². The molecular weight excluding hydrogens is 354 g/mol. The predicted octanol–water partition coefficient (Wildman–Crippen LogP) is 4.54. The number of benzene rings is 2. The number of ether oxygens (including phenoxy) is 2.